The summed E-state index contributed by atoms with van der Waals surface area (Å²) < 4.78 is 2.38. The zero-order chi connectivity index (χ0) is 18.0. The number of nitrogens with zero attached hydrogens (tertiary/aromatic N) is 1. The topological polar surface area (TPSA) is 3.88 Å². The van der Waals surface area contributed by atoms with Gasteiger partial charge in [0.15, 0.2) is 11.9 Å². The Morgan fingerprint density at radius 2 is 1.04 bits per heavy atom. The Morgan fingerprint density at radius 3 is 1.46 bits per heavy atom. The number of aryl methyl sites for hydroxylation is 2. The molecule has 1 heterocycles. The largest absolute Gasteiger partial charge is 1.00 e. The smallest absolute Gasteiger partial charge is 0.178 e. The first-order valence-corrected chi connectivity index (χ1v) is 11.3. The van der Waals surface area contributed by atoms with E-state index in [1.807, 2.05) is 0 Å². The average Bonchev–Trinajstić information content (AvgIpc) is 2.63. The molecule has 26 heavy (non-hydrogen) atoms. The molecule has 0 spiro atoms. The van der Waals surface area contributed by atoms with Gasteiger partial charge in [0, 0.05) is 25.5 Å². The molecule has 152 valence electrons. The highest BCUT2D eigenvalue weighted by atomic mass is 79.9. The number of hydrogen-bond donors (Lipinski definition) is 0. The van der Waals surface area contributed by atoms with Gasteiger partial charge in [-0.1, -0.05) is 103 Å². The Morgan fingerprint density at radius 1 is 0.615 bits per heavy atom. The molecule has 0 saturated carbocycles. The maximum absolute atomic E-state index is 2.38. The van der Waals surface area contributed by atoms with Gasteiger partial charge in [-0.05, 0) is 6.42 Å². The van der Waals surface area contributed by atoms with Crippen molar-refractivity contribution >= 4 is 0 Å². The van der Waals surface area contributed by atoms with Crippen molar-refractivity contribution < 1.29 is 21.5 Å². The first kappa shape index (κ1) is 25.6. The SMILES string of the molecule is CCCCCCCCCCCCCCCCCC[n+]1ccccc1C.[Br-]. The minimum Gasteiger partial charge on any atom is -1.00 e. The number of aromatic nitrogens is 1. The molecule has 0 aliphatic heterocycles. The predicted molar refractivity (Wildman–Crippen MR) is 111 cm³/mol. The Labute approximate surface area is 174 Å². The minimum absolute atomic E-state index is 0. The molecule has 0 aliphatic carbocycles. The van der Waals surface area contributed by atoms with Gasteiger partial charge in [0.25, 0.3) is 0 Å². The molecule has 0 amide bonds. The summed E-state index contributed by atoms with van der Waals surface area (Å²) in [5, 5.41) is 0. The van der Waals surface area contributed by atoms with Gasteiger partial charge in [0.05, 0.1) is 0 Å². The second-order valence-electron chi connectivity index (χ2n) is 7.84. The molecule has 1 rings (SSSR count). The normalized spacial score (nSPS) is 10.7. The van der Waals surface area contributed by atoms with E-state index in [9.17, 15) is 0 Å². The lowest BCUT2D eigenvalue weighted by molar-refractivity contribution is -0.703. The van der Waals surface area contributed by atoms with E-state index in [2.05, 4.69) is 42.8 Å². The second-order valence-corrected chi connectivity index (χ2v) is 7.84. The average molecular weight is 427 g/mol. The van der Waals surface area contributed by atoms with Gasteiger partial charge in [-0.2, -0.15) is 0 Å². The van der Waals surface area contributed by atoms with Crippen molar-refractivity contribution in [1.82, 2.24) is 0 Å². The molecule has 0 atom stereocenters. The standard InChI is InChI=1S/C24H44N.BrH/c1-3-4-5-6-7-8-9-10-11-12-13-14-15-16-17-19-22-25-23-20-18-21-24(25)2;/h18,20-21,23H,3-17,19,22H2,1-2H3;1H/q+1;/p-1. The van der Waals surface area contributed by atoms with Crippen LogP contribution < -0.4 is 21.5 Å². The van der Waals surface area contributed by atoms with Gasteiger partial charge in [0.1, 0.15) is 6.54 Å². The zero-order valence-corrected chi connectivity index (χ0v) is 19.2. The quantitative estimate of drug-likeness (QED) is 0.254. The molecule has 1 aromatic heterocycles. The molecule has 2 heteroatoms. The van der Waals surface area contributed by atoms with Crippen LogP contribution in [0.15, 0.2) is 24.4 Å². The summed E-state index contributed by atoms with van der Waals surface area (Å²) in [6, 6.07) is 6.46. The Bertz CT molecular complexity index is 405. The summed E-state index contributed by atoms with van der Waals surface area (Å²) in [6.45, 7) is 5.68. The predicted octanol–water partition coefficient (Wildman–Crippen LogP) is 4.55. The molecule has 0 bridgehead atoms. The van der Waals surface area contributed by atoms with Crippen LogP contribution >= 0.6 is 0 Å². The molecular weight excluding hydrogens is 382 g/mol. The van der Waals surface area contributed by atoms with Crippen molar-refractivity contribution in [3.8, 4) is 0 Å². The van der Waals surface area contributed by atoms with Gasteiger partial charge in [-0.15, -0.1) is 0 Å². The van der Waals surface area contributed by atoms with E-state index >= 15 is 0 Å². The molecule has 0 N–H and O–H groups in total. The molecule has 0 unspecified atom stereocenters. The lowest BCUT2D eigenvalue weighted by Crippen LogP contribution is -3.00. The van der Waals surface area contributed by atoms with Crippen LogP contribution in [0.1, 0.15) is 115 Å². The van der Waals surface area contributed by atoms with Crippen LogP contribution in [-0.2, 0) is 6.54 Å². The fourth-order valence-electron chi connectivity index (χ4n) is 3.64. The van der Waals surface area contributed by atoms with E-state index in [0.717, 1.165) is 0 Å². The van der Waals surface area contributed by atoms with E-state index in [0.29, 0.717) is 0 Å². The van der Waals surface area contributed by atoms with Gasteiger partial charge in [-0.25, -0.2) is 4.57 Å². The van der Waals surface area contributed by atoms with E-state index in [-0.39, 0.29) is 17.0 Å². The van der Waals surface area contributed by atoms with Crippen molar-refractivity contribution in [1.29, 1.82) is 0 Å². The lowest BCUT2D eigenvalue weighted by atomic mass is 10.0. The van der Waals surface area contributed by atoms with Crippen molar-refractivity contribution in [2.45, 2.75) is 123 Å². The molecule has 0 radical (unpaired) electrons. The Kier molecular flexibility index (Phi) is 19.1. The molecule has 0 fully saturated rings. The summed E-state index contributed by atoms with van der Waals surface area (Å²) in [5.41, 5.74) is 1.38. The minimum atomic E-state index is 0. The second kappa shape index (κ2) is 19.4. The van der Waals surface area contributed by atoms with E-state index in [1.165, 1.54) is 115 Å². The highest BCUT2D eigenvalue weighted by Crippen LogP contribution is 2.13. The van der Waals surface area contributed by atoms with Crippen LogP contribution in [0, 0.1) is 6.92 Å². The number of halogens is 1. The Hall–Kier alpha value is -0.370. The molecule has 0 aromatic carbocycles. The first-order valence-electron chi connectivity index (χ1n) is 11.3. The van der Waals surface area contributed by atoms with Crippen LogP contribution in [0.3, 0.4) is 0 Å². The van der Waals surface area contributed by atoms with Crippen LogP contribution in [0.2, 0.25) is 0 Å². The summed E-state index contributed by atoms with van der Waals surface area (Å²) in [4.78, 5) is 0. The molecule has 1 nitrogen and oxygen atoms in total. The summed E-state index contributed by atoms with van der Waals surface area (Å²) in [6.07, 6.45) is 25.3. The molecule has 1 aromatic rings. The van der Waals surface area contributed by atoms with E-state index < -0.39 is 0 Å². The van der Waals surface area contributed by atoms with Crippen molar-refractivity contribution in [3.63, 3.8) is 0 Å². The van der Waals surface area contributed by atoms with Crippen molar-refractivity contribution in [2.75, 3.05) is 0 Å². The maximum atomic E-state index is 2.38. The van der Waals surface area contributed by atoms with Gasteiger partial charge in [0.2, 0.25) is 0 Å². The summed E-state index contributed by atoms with van der Waals surface area (Å²) in [5.74, 6) is 0. The highest BCUT2D eigenvalue weighted by molar-refractivity contribution is 4.93. The van der Waals surface area contributed by atoms with Crippen molar-refractivity contribution in [3.05, 3.63) is 30.1 Å². The number of unbranched alkanes of at least 4 members (excludes halogenated alkanes) is 15. The third kappa shape index (κ3) is 14.8. The molecule has 0 saturated heterocycles. The zero-order valence-electron chi connectivity index (χ0n) is 17.7. The fourth-order valence-corrected chi connectivity index (χ4v) is 3.64. The first-order chi connectivity index (χ1) is 12.3. The van der Waals surface area contributed by atoms with Crippen molar-refractivity contribution in [2.24, 2.45) is 0 Å². The highest BCUT2D eigenvalue weighted by Gasteiger charge is 2.03. The van der Waals surface area contributed by atoms with E-state index in [1.54, 1.807) is 0 Å². The summed E-state index contributed by atoms with van der Waals surface area (Å²) in [7, 11) is 0. The monoisotopic (exact) mass is 425 g/mol. The third-order valence-corrected chi connectivity index (χ3v) is 5.42. The van der Waals surface area contributed by atoms with Crippen LogP contribution in [0.25, 0.3) is 0 Å². The van der Waals surface area contributed by atoms with Crippen LogP contribution in [-0.4, -0.2) is 0 Å². The number of pyridine rings is 1. The molecule has 0 aliphatic rings. The van der Waals surface area contributed by atoms with Gasteiger partial charge in [-0.3, -0.25) is 0 Å². The van der Waals surface area contributed by atoms with Crippen LogP contribution in [0.5, 0.6) is 0 Å². The number of rotatable bonds is 17. The fraction of sp³-hybridized carbons (Fsp3) is 0.792. The van der Waals surface area contributed by atoms with E-state index in [4.69, 9.17) is 0 Å². The van der Waals surface area contributed by atoms with Crippen LogP contribution in [0.4, 0.5) is 0 Å². The Balaban J connectivity index is 0.00000625. The van der Waals surface area contributed by atoms with Gasteiger partial charge >= 0.3 is 0 Å². The molecular formula is C24H44BrN. The van der Waals surface area contributed by atoms with Gasteiger partial charge < -0.3 is 17.0 Å². The lowest BCUT2D eigenvalue weighted by Gasteiger charge is -2.03. The maximum Gasteiger partial charge on any atom is 0.178 e. The third-order valence-electron chi connectivity index (χ3n) is 5.42. The number of hydrogen-bond acceptors (Lipinski definition) is 0. The summed E-state index contributed by atoms with van der Waals surface area (Å²) >= 11 is 0.